The van der Waals surface area contributed by atoms with Crippen molar-refractivity contribution in [3.8, 4) is 0 Å². The Balaban J connectivity index is 1.47. The minimum absolute atomic E-state index is 0.273. The molecule has 2 aliphatic rings. The minimum atomic E-state index is -3.48. The van der Waals surface area contributed by atoms with E-state index >= 15 is 0 Å². The fourth-order valence-electron chi connectivity index (χ4n) is 4.21. The SMILES string of the molecule is Cc1ccccc1S(=O)(=O)N1CCC2(CC1)NCCN=C2NCc1ccccc1. The van der Waals surface area contributed by atoms with Gasteiger partial charge in [0, 0.05) is 26.2 Å². The third kappa shape index (κ3) is 4.08. The van der Waals surface area contributed by atoms with Gasteiger partial charge in [-0.05, 0) is 37.0 Å². The summed E-state index contributed by atoms with van der Waals surface area (Å²) < 4.78 is 27.9. The molecule has 0 amide bonds. The Morgan fingerprint density at radius 2 is 1.76 bits per heavy atom. The number of nitrogens with one attached hydrogen (secondary N) is 2. The summed E-state index contributed by atoms with van der Waals surface area (Å²) in [6.45, 7) is 5.09. The molecule has 0 aromatic heterocycles. The van der Waals surface area contributed by atoms with Crippen LogP contribution in [0.5, 0.6) is 0 Å². The average Bonchev–Trinajstić information content (AvgIpc) is 2.74. The number of piperidine rings is 1. The Labute approximate surface area is 173 Å². The van der Waals surface area contributed by atoms with Gasteiger partial charge in [-0.3, -0.25) is 4.99 Å². The summed E-state index contributed by atoms with van der Waals surface area (Å²) in [6, 6.07) is 17.4. The molecule has 0 aliphatic carbocycles. The van der Waals surface area contributed by atoms with Gasteiger partial charge < -0.3 is 10.6 Å². The highest BCUT2D eigenvalue weighted by Gasteiger charge is 2.43. The van der Waals surface area contributed by atoms with Crippen LogP contribution in [-0.4, -0.2) is 50.3 Å². The van der Waals surface area contributed by atoms with Crippen LogP contribution in [0.3, 0.4) is 0 Å². The molecule has 7 heteroatoms. The van der Waals surface area contributed by atoms with Crippen LogP contribution >= 0.6 is 0 Å². The van der Waals surface area contributed by atoms with Crippen LogP contribution in [0, 0.1) is 6.92 Å². The zero-order chi connectivity index (χ0) is 20.3. The predicted octanol–water partition coefficient (Wildman–Crippen LogP) is 2.31. The molecule has 6 nitrogen and oxygen atoms in total. The Hall–Kier alpha value is -2.22. The lowest BCUT2D eigenvalue weighted by Gasteiger charge is -2.44. The first-order chi connectivity index (χ1) is 14.0. The molecule has 2 N–H and O–H groups in total. The van der Waals surface area contributed by atoms with E-state index in [0.29, 0.717) is 37.4 Å². The number of benzene rings is 2. The second-order valence-corrected chi connectivity index (χ2v) is 9.65. The molecular weight excluding hydrogens is 384 g/mol. The number of rotatable bonds is 4. The molecule has 0 radical (unpaired) electrons. The monoisotopic (exact) mass is 412 g/mol. The van der Waals surface area contributed by atoms with Crippen molar-refractivity contribution in [3.63, 3.8) is 0 Å². The molecular formula is C22H28N4O2S. The summed E-state index contributed by atoms with van der Waals surface area (Å²) in [5.74, 6) is 0.959. The molecule has 0 saturated carbocycles. The Bertz CT molecular complexity index is 981. The smallest absolute Gasteiger partial charge is 0.243 e. The highest BCUT2D eigenvalue weighted by atomic mass is 32.2. The number of sulfonamides is 1. The molecule has 0 bridgehead atoms. The molecule has 2 aliphatic heterocycles. The Kier molecular flexibility index (Phi) is 5.72. The van der Waals surface area contributed by atoms with Gasteiger partial charge in [-0.2, -0.15) is 4.31 Å². The van der Waals surface area contributed by atoms with Gasteiger partial charge in [0.1, 0.15) is 5.84 Å². The average molecular weight is 413 g/mol. The van der Waals surface area contributed by atoms with Gasteiger partial charge in [0.05, 0.1) is 17.0 Å². The highest BCUT2D eigenvalue weighted by molar-refractivity contribution is 7.89. The van der Waals surface area contributed by atoms with Gasteiger partial charge in [0.25, 0.3) is 0 Å². The van der Waals surface area contributed by atoms with Crippen molar-refractivity contribution in [2.45, 2.75) is 36.7 Å². The van der Waals surface area contributed by atoms with Crippen molar-refractivity contribution >= 4 is 15.9 Å². The van der Waals surface area contributed by atoms with E-state index in [1.807, 2.05) is 37.3 Å². The van der Waals surface area contributed by atoms with Crippen LogP contribution in [0.4, 0.5) is 0 Å². The standard InChI is InChI=1S/C22H28N4O2S/c1-18-7-5-6-10-20(18)29(27,28)26-15-11-22(12-16-26)21(23-13-14-25-22)24-17-19-8-3-2-4-9-19/h2-10,25H,11-17H2,1H3,(H,23,24). The van der Waals surface area contributed by atoms with Crippen LogP contribution in [0.25, 0.3) is 0 Å². The van der Waals surface area contributed by atoms with Gasteiger partial charge in [-0.15, -0.1) is 0 Å². The van der Waals surface area contributed by atoms with E-state index in [9.17, 15) is 8.42 Å². The van der Waals surface area contributed by atoms with E-state index in [1.165, 1.54) is 5.56 Å². The van der Waals surface area contributed by atoms with E-state index < -0.39 is 10.0 Å². The zero-order valence-electron chi connectivity index (χ0n) is 16.8. The maximum absolute atomic E-state index is 13.1. The van der Waals surface area contributed by atoms with Crippen molar-refractivity contribution in [1.29, 1.82) is 0 Å². The second-order valence-electron chi connectivity index (χ2n) is 7.75. The number of aliphatic imine (C=N–C) groups is 1. The zero-order valence-corrected chi connectivity index (χ0v) is 17.6. The van der Waals surface area contributed by atoms with Crippen LogP contribution in [0.15, 0.2) is 64.5 Å². The largest absolute Gasteiger partial charge is 0.368 e. The molecule has 2 aromatic rings. The highest BCUT2D eigenvalue weighted by Crippen LogP contribution is 2.29. The topological polar surface area (TPSA) is 73.8 Å². The van der Waals surface area contributed by atoms with Crippen LogP contribution < -0.4 is 10.6 Å². The predicted molar refractivity (Wildman–Crippen MR) is 115 cm³/mol. The van der Waals surface area contributed by atoms with Crippen LogP contribution in [0.2, 0.25) is 0 Å². The lowest BCUT2D eigenvalue weighted by Crippen LogP contribution is -2.64. The minimum Gasteiger partial charge on any atom is -0.368 e. The van der Waals surface area contributed by atoms with Crippen molar-refractivity contribution in [3.05, 3.63) is 65.7 Å². The van der Waals surface area contributed by atoms with E-state index in [4.69, 9.17) is 4.99 Å². The molecule has 2 heterocycles. The molecule has 1 saturated heterocycles. The molecule has 0 atom stereocenters. The summed E-state index contributed by atoms with van der Waals surface area (Å²) in [5, 5.41) is 7.14. The maximum atomic E-state index is 13.1. The van der Waals surface area contributed by atoms with Crippen molar-refractivity contribution in [2.75, 3.05) is 26.2 Å². The molecule has 1 spiro atoms. The fraction of sp³-hybridized carbons (Fsp3) is 0.409. The first-order valence-corrected chi connectivity index (χ1v) is 11.6. The van der Waals surface area contributed by atoms with Gasteiger partial charge in [-0.1, -0.05) is 48.5 Å². The van der Waals surface area contributed by atoms with Gasteiger partial charge in [-0.25, -0.2) is 8.42 Å². The fourth-order valence-corrected chi connectivity index (χ4v) is 5.88. The number of hydrogen-bond donors (Lipinski definition) is 2. The number of hydrogen-bond acceptors (Lipinski definition) is 5. The van der Waals surface area contributed by atoms with Crippen molar-refractivity contribution in [2.24, 2.45) is 4.99 Å². The number of nitrogens with zero attached hydrogens (tertiary/aromatic N) is 2. The normalized spacial score (nSPS) is 19.7. The van der Waals surface area contributed by atoms with Crippen LogP contribution in [-0.2, 0) is 16.6 Å². The van der Waals surface area contributed by atoms with Gasteiger partial charge in [0.2, 0.25) is 10.0 Å². The summed E-state index contributed by atoms with van der Waals surface area (Å²) in [6.07, 6.45) is 1.41. The lowest BCUT2D eigenvalue weighted by molar-refractivity contribution is 0.241. The molecule has 29 heavy (non-hydrogen) atoms. The number of amidine groups is 1. The number of aryl methyl sites for hydroxylation is 1. The van der Waals surface area contributed by atoms with E-state index in [1.54, 1.807) is 16.4 Å². The summed E-state index contributed by atoms with van der Waals surface area (Å²) in [5.41, 5.74) is 1.72. The first kappa shape index (κ1) is 20.1. The van der Waals surface area contributed by atoms with Crippen molar-refractivity contribution in [1.82, 2.24) is 14.9 Å². The van der Waals surface area contributed by atoms with Crippen molar-refractivity contribution < 1.29 is 8.42 Å². The summed E-state index contributed by atoms with van der Waals surface area (Å²) >= 11 is 0. The Morgan fingerprint density at radius 3 is 2.48 bits per heavy atom. The quantitative estimate of drug-likeness (QED) is 0.808. The first-order valence-electron chi connectivity index (χ1n) is 10.1. The van der Waals surface area contributed by atoms with Gasteiger partial charge >= 0.3 is 0 Å². The van der Waals surface area contributed by atoms with E-state index in [2.05, 4.69) is 22.8 Å². The lowest BCUT2D eigenvalue weighted by atomic mass is 9.85. The van der Waals surface area contributed by atoms with Gasteiger partial charge in [0.15, 0.2) is 0 Å². The summed E-state index contributed by atoms with van der Waals surface area (Å²) in [7, 11) is -3.48. The molecule has 1 fully saturated rings. The molecule has 154 valence electrons. The third-order valence-electron chi connectivity index (χ3n) is 5.89. The maximum Gasteiger partial charge on any atom is 0.243 e. The molecule has 2 aromatic carbocycles. The summed E-state index contributed by atoms with van der Waals surface area (Å²) in [4.78, 5) is 5.16. The molecule has 0 unspecified atom stereocenters. The third-order valence-corrected chi connectivity index (χ3v) is 7.95. The van der Waals surface area contributed by atoms with E-state index in [0.717, 1.165) is 24.5 Å². The molecule has 4 rings (SSSR count). The van der Waals surface area contributed by atoms with Crippen LogP contribution in [0.1, 0.15) is 24.0 Å². The second kappa shape index (κ2) is 8.26. The Morgan fingerprint density at radius 1 is 1.07 bits per heavy atom. The van der Waals surface area contributed by atoms with E-state index in [-0.39, 0.29) is 5.54 Å².